The number of nitrogens with one attached hydrogen (secondary N) is 1. The molecule has 5 heteroatoms. The van der Waals surface area contributed by atoms with E-state index in [1.54, 1.807) is 18.2 Å². The zero-order valence-electron chi connectivity index (χ0n) is 12.4. The first-order chi connectivity index (χ1) is 10.0. The second kappa shape index (κ2) is 8.92. The van der Waals surface area contributed by atoms with Crippen LogP contribution in [0, 0.1) is 6.92 Å². The number of benzene rings is 1. The molecule has 0 aromatic heterocycles. The predicted octanol–water partition coefficient (Wildman–Crippen LogP) is 2.25. The van der Waals surface area contributed by atoms with Crippen molar-refractivity contribution in [2.24, 2.45) is 0 Å². The van der Waals surface area contributed by atoms with E-state index >= 15 is 0 Å². The third-order valence-electron chi connectivity index (χ3n) is 2.90. The van der Waals surface area contributed by atoms with Gasteiger partial charge in [0.1, 0.15) is 0 Å². The summed E-state index contributed by atoms with van der Waals surface area (Å²) in [5.74, 6) is -1.18. The third-order valence-corrected chi connectivity index (χ3v) is 2.90. The molecular formula is C16H21NO4. The number of aryl methyl sites for hydroxylation is 1. The van der Waals surface area contributed by atoms with E-state index in [1.807, 2.05) is 13.8 Å². The number of carboxylic acid groups (broad SMARTS) is 1. The van der Waals surface area contributed by atoms with Crippen LogP contribution < -0.4 is 5.32 Å². The predicted molar refractivity (Wildman–Crippen MR) is 81.3 cm³/mol. The molecule has 1 amide bonds. The minimum atomic E-state index is -1.01. The second-order valence-corrected chi connectivity index (χ2v) is 4.55. The molecule has 1 aromatic carbocycles. The van der Waals surface area contributed by atoms with Crippen LogP contribution in [0.5, 0.6) is 0 Å². The zero-order valence-corrected chi connectivity index (χ0v) is 12.4. The maximum absolute atomic E-state index is 12.0. The number of carboxylic acids is 1. The van der Waals surface area contributed by atoms with Crippen molar-refractivity contribution < 1.29 is 19.4 Å². The number of carbonyl (C=O) groups excluding carboxylic acids is 1. The van der Waals surface area contributed by atoms with Crippen LogP contribution in [0.2, 0.25) is 0 Å². The maximum atomic E-state index is 12.0. The summed E-state index contributed by atoms with van der Waals surface area (Å²) >= 11 is 0. The van der Waals surface area contributed by atoms with Crippen molar-refractivity contribution in [2.45, 2.75) is 20.3 Å². The first-order valence-electron chi connectivity index (χ1n) is 6.92. The van der Waals surface area contributed by atoms with Gasteiger partial charge in [0, 0.05) is 31.4 Å². The molecule has 5 nitrogen and oxygen atoms in total. The highest BCUT2D eigenvalue weighted by atomic mass is 16.5. The molecular weight excluding hydrogens is 270 g/mol. The third kappa shape index (κ3) is 6.23. The Morgan fingerprint density at radius 2 is 2.14 bits per heavy atom. The van der Waals surface area contributed by atoms with Crippen LogP contribution in [0.4, 0.5) is 0 Å². The van der Waals surface area contributed by atoms with E-state index in [4.69, 9.17) is 9.84 Å². The summed E-state index contributed by atoms with van der Waals surface area (Å²) in [6, 6.07) is 5.22. The van der Waals surface area contributed by atoms with Crippen LogP contribution in [0.3, 0.4) is 0 Å². The summed E-state index contributed by atoms with van der Waals surface area (Å²) in [4.78, 5) is 22.5. The van der Waals surface area contributed by atoms with E-state index in [1.165, 1.54) is 6.08 Å². The van der Waals surface area contributed by atoms with Gasteiger partial charge >= 0.3 is 5.97 Å². The van der Waals surface area contributed by atoms with E-state index < -0.39 is 5.97 Å². The average Bonchev–Trinajstić information content (AvgIpc) is 2.45. The Kier molecular flexibility index (Phi) is 7.18. The smallest absolute Gasteiger partial charge is 0.328 e. The van der Waals surface area contributed by atoms with Gasteiger partial charge in [0.15, 0.2) is 0 Å². The van der Waals surface area contributed by atoms with Crippen LogP contribution in [0.25, 0.3) is 6.08 Å². The minimum Gasteiger partial charge on any atom is -0.478 e. The number of amides is 1. The van der Waals surface area contributed by atoms with Gasteiger partial charge in [-0.3, -0.25) is 4.79 Å². The van der Waals surface area contributed by atoms with Crippen LogP contribution in [-0.4, -0.2) is 36.7 Å². The number of carbonyl (C=O) groups is 2. The first-order valence-corrected chi connectivity index (χ1v) is 6.92. The summed E-state index contributed by atoms with van der Waals surface area (Å²) in [6.45, 7) is 5.64. The van der Waals surface area contributed by atoms with Crippen molar-refractivity contribution in [1.82, 2.24) is 5.32 Å². The number of ether oxygens (including phenoxy) is 1. The molecule has 0 aliphatic carbocycles. The standard InChI is InChI=1S/C16H21NO4/c1-3-21-10-4-9-17-16(20)14-6-5-12(2)13(11-14)7-8-15(18)19/h5-8,11H,3-4,9-10H2,1-2H3,(H,17,20)(H,18,19)/b8-7+. The van der Waals surface area contributed by atoms with Gasteiger partial charge in [-0.1, -0.05) is 6.07 Å². The van der Waals surface area contributed by atoms with E-state index in [-0.39, 0.29) is 5.91 Å². The highest BCUT2D eigenvalue weighted by molar-refractivity contribution is 5.95. The van der Waals surface area contributed by atoms with Crippen molar-refractivity contribution in [3.05, 3.63) is 41.0 Å². The van der Waals surface area contributed by atoms with Gasteiger partial charge in [-0.2, -0.15) is 0 Å². The monoisotopic (exact) mass is 291 g/mol. The van der Waals surface area contributed by atoms with Crippen molar-refractivity contribution in [3.63, 3.8) is 0 Å². The van der Waals surface area contributed by atoms with E-state index in [0.717, 1.165) is 23.6 Å². The Hall–Kier alpha value is -2.14. The van der Waals surface area contributed by atoms with Gasteiger partial charge in [0.25, 0.3) is 5.91 Å². The van der Waals surface area contributed by atoms with Crippen LogP contribution in [-0.2, 0) is 9.53 Å². The van der Waals surface area contributed by atoms with E-state index in [0.29, 0.717) is 25.3 Å². The average molecular weight is 291 g/mol. The Labute approximate surface area is 124 Å². The minimum absolute atomic E-state index is 0.170. The fraction of sp³-hybridized carbons (Fsp3) is 0.375. The number of aliphatic carboxylic acids is 1. The van der Waals surface area contributed by atoms with Crippen LogP contribution >= 0.6 is 0 Å². The molecule has 0 aliphatic rings. The Bertz CT molecular complexity index is 523. The van der Waals surface area contributed by atoms with Gasteiger partial charge < -0.3 is 15.2 Å². The lowest BCUT2D eigenvalue weighted by molar-refractivity contribution is -0.131. The fourth-order valence-electron chi connectivity index (χ4n) is 1.74. The summed E-state index contributed by atoms with van der Waals surface area (Å²) in [6.07, 6.45) is 3.31. The number of hydrogen-bond acceptors (Lipinski definition) is 3. The van der Waals surface area contributed by atoms with Crippen molar-refractivity contribution in [2.75, 3.05) is 19.8 Å². The van der Waals surface area contributed by atoms with Gasteiger partial charge in [-0.25, -0.2) is 4.79 Å². The Morgan fingerprint density at radius 1 is 1.38 bits per heavy atom. The van der Waals surface area contributed by atoms with Gasteiger partial charge in [0.2, 0.25) is 0 Å². The summed E-state index contributed by atoms with van der Waals surface area (Å²) < 4.78 is 5.19. The molecule has 0 aliphatic heterocycles. The summed E-state index contributed by atoms with van der Waals surface area (Å²) in [7, 11) is 0. The lowest BCUT2D eigenvalue weighted by Crippen LogP contribution is -2.25. The topological polar surface area (TPSA) is 75.6 Å². The van der Waals surface area contributed by atoms with E-state index in [9.17, 15) is 9.59 Å². The molecule has 0 bridgehead atoms. The van der Waals surface area contributed by atoms with Gasteiger partial charge in [0.05, 0.1) is 0 Å². The van der Waals surface area contributed by atoms with E-state index in [2.05, 4.69) is 5.32 Å². The quantitative estimate of drug-likeness (QED) is 0.569. The SMILES string of the molecule is CCOCCCNC(=O)c1ccc(C)c(/C=C/C(=O)O)c1. The number of rotatable bonds is 8. The molecule has 0 fully saturated rings. The molecule has 2 N–H and O–H groups in total. The normalized spacial score (nSPS) is 10.8. The van der Waals surface area contributed by atoms with Gasteiger partial charge in [-0.15, -0.1) is 0 Å². The second-order valence-electron chi connectivity index (χ2n) is 4.55. The zero-order chi connectivity index (χ0) is 15.7. The first kappa shape index (κ1) is 16.9. The molecule has 0 saturated heterocycles. The summed E-state index contributed by atoms with van der Waals surface area (Å²) in [5.41, 5.74) is 2.15. The van der Waals surface area contributed by atoms with Crippen LogP contribution in [0.15, 0.2) is 24.3 Å². The molecule has 0 spiro atoms. The molecule has 21 heavy (non-hydrogen) atoms. The molecule has 1 rings (SSSR count). The number of hydrogen-bond donors (Lipinski definition) is 2. The van der Waals surface area contributed by atoms with Crippen molar-refractivity contribution >= 4 is 18.0 Å². The Morgan fingerprint density at radius 3 is 2.81 bits per heavy atom. The van der Waals surface area contributed by atoms with Crippen molar-refractivity contribution in [1.29, 1.82) is 0 Å². The lowest BCUT2D eigenvalue weighted by atomic mass is 10.0. The molecule has 1 aromatic rings. The molecule has 114 valence electrons. The van der Waals surface area contributed by atoms with Gasteiger partial charge in [-0.05, 0) is 49.6 Å². The lowest BCUT2D eigenvalue weighted by Gasteiger charge is -2.07. The largest absolute Gasteiger partial charge is 0.478 e. The molecule has 0 heterocycles. The molecule has 0 radical (unpaired) electrons. The fourth-order valence-corrected chi connectivity index (χ4v) is 1.74. The maximum Gasteiger partial charge on any atom is 0.328 e. The summed E-state index contributed by atoms with van der Waals surface area (Å²) in [5, 5.41) is 11.5. The Balaban J connectivity index is 2.64. The highest BCUT2D eigenvalue weighted by Crippen LogP contribution is 2.13. The molecule has 0 unspecified atom stereocenters. The molecule has 0 atom stereocenters. The highest BCUT2D eigenvalue weighted by Gasteiger charge is 2.06. The molecule has 0 saturated carbocycles. The van der Waals surface area contributed by atoms with Crippen LogP contribution in [0.1, 0.15) is 34.8 Å². The van der Waals surface area contributed by atoms with Crippen molar-refractivity contribution in [3.8, 4) is 0 Å².